The predicted molar refractivity (Wildman–Crippen MR) is 125 cm³/mol. The van der Waals surface area contributed by atoms with Gasteiger partial charge in [0.1, 0.15) is 23.1 Å². The number of hydrogen-bond donors (Lipinski definition) is 0. The molecule has 3 aliphatic rings. The van der Waals surface area contributed by atoms with Crippen molar-refractivity contribution in [3.05, 3.63) is 40.5 Å². The molecule has 168 valence electrons. The number of thiophene rings is 1. The summed E-state index contributed by atoms with van der Waals surface area (Å²) in [4.78, 5) is 17.3. The van der Waals surface area contributed by atoms with Crippen molar-refractivity contribution >= 4 is 27.4 Å². The Bertz CT molecular complexity index is 1130. The van der Waals surface area contributed by atoms with E-state index in [2.05, 4.69) is 16.8 Å². The number of rotatable bonds is 5. The number of aromatic nitrogens is 2. The van der Waals surface area contributed by atoms with Crippen LogP contribution in [0.15, 0.2) is 24.3 Å². The van der Waals surface area contributed by atoms with Crippen molar-refractivity contribution in [1.29, 1.82) is 0 Å². The minimum Gasteiger partial charge on any atom is -0.486 e. The predicted octanol–water partition coefficient (Wildman–Crippen LogP) is 3.29. The van der Waals surface area contributed by atoms with E-state index < -0.39 is 0 Å². The zero-order valence-electron chi connectivity index (χ0n) is 18.4. The number of hydrogen-bond acceptors (Lipinski definition) is 8. The van der Waals surface area contributed by atoms with Gasteiger partial charge < -0.3 is 19.1 Å². The third-order valence-electron chi connectivity index (χ3n) is 6.47. The van der Waals surface area contributed by atoms with Gasteiger partial charge in [0, 0.05) is 25.0 Å². The Kier molecular flexibility index (Phi) is 5.37. The molecule has 0 spiro atoms. The van der Waals surface area contributed by atoms with E-state index in [0.29, 0.717) is 13.2 Å². The number of benzene rings is 1. The number of ether oxygens (including phenoxy) is 3. The highest BCUT2D eigenvalue weighted by Gasteiger charge is 2.27. The average molecular weight is 453 g/mol. The lowest BCUT2D eigenvalue weighted by Crippen LogP contribution is -2.40. The number of morpholine rings is 1. The minimum atomic E-state index is -0.0470. The van der Waals surface area contributed by atoms with Crippen molar-refractivity contribution < 1.29 is 14.2 Å². The Labute approximate surface area is 191 Å². The molecule has 1 fully saturated rings. The summed E-state index contributed by atoms with van der Waals surface area (Å²) in [5.74, 6) is 3.56. The molecule has 8 heteroatoms. The summed E-state index contributed by atoms with van der Waals surface area (Å²) in [6.07, 6.45) is 3.47. The molecule has 2 aliphatic heterocycles. The number of fused-ring (bicyclic) bond motifs is 4. The molecule has 4 heterocycles. The maximum atomic E-state index is 6.23. The first-order chi connectivity index (χ1) is 15.7. The number of anilines is 1. The van der Waals surface area contributed by atoms with Crippen molar-refractivity contribution in [3.8, 4) is 11.5 Å². The van der Waals surface area contributed by atoms with Crippen LogP contribution in [0.25, 0.3) is 10.2 Å². The lowest BCUT2D eigenvalue weighted by atomic mass is 10.1. The van der Waals surface area contributed by atoms with Gasteiger partial charge in [-0.15, -0.1) is 11.3 Å². The summed E-state index contributed by atoms with van der Waals surface area (Å²) in [6, 6.07) is 7.88. The van der Waals surface area contributed by atoms with Crippen LogP contribution >= 0.6 is 11.3 Å². The molecule has 0 radical (unpaired) electrons. The van der Waals surface area contributed by atoms with Gasteiger partial charge >= 0.3 is 0 Å². The molecule has 1 atom stereocenters. The van der Waals surface area contributed by atoms with Crippen LogP contribution in [0.2, 0.25) is 0 Å². The fraction of sp³-hybridized carbons (Fsp3) is 0.500. The number of nitrogens with zero attached hydrogens (tertiary/aromatic N) is 4. The van der Waals surface area contributed by atoms with Crippen LogP contribution in [0.3, 0.4) is 0 Å². The van der Waals surface area contributed by atoms with E-state index in [9.17, 15) is 0 Å². The van der Waals surface area contributed by atoms with Crippen LogP contribution in [-0.2, 0) is 24.1 Å². The van der Waals surface area contributed by atoms with Gasteiger partial charge in [0.2, 0.25) is 0 Å². The summed E-state index contributed by atoms with van der Waals surface area (Å²) >= 11 is 1.85. The molecule has 0 unspecified atom stereocenters. The van der Waals surface area contributed by atoms with Crippen molar-refractivity contribution in [1.82, 2.24) is 14.9 Å². The first-order valence-electron chi connectivity index (χ1n) is 11.5. The zero-order chi connectivity index (χ0) is 21.5. The van der Waals surface area contributed by atoms with Crippen LogP contribution in [0.1, 0.15) is 22.7 Å². The lowest BCUT2D eigenvalue weighted by Gasteiger charge is -2.30. The van der Waals surface area contributed by atoms with E-state index in [1.54, 1.807) is 0 Å². The molecule has 1 aliphatic carbocycles. The molecule has 7 nitrogen and oxygen atoms in total. The SMILES string of the molecule is CN(C[C@H]1COc2ccccc2O1)c1nc(CN2CCOCC2)nc2sc3c(c12)CCC3. The summed E-state index contributed by atoms with van der Waals surface area (Å²) in [7, 11) is 2.11. The summed E-state index contributed by atoms with van der Waals surface area (Å²) in [6.45, 7) is 5.44. The van der Waals surface area contributed by atoms with Gasteiger partial charge in [0.05, 0.1) is 31.7 Å². The molecule has 0 amide bonds. The monoisotopic (exact) mass is 452 g/mol. The zero-order valence-corrected chi connectivity index (χ0v) is 19.2. The number of likely N-dealkylation sites (N-methyl/N-ethyl adjacent to an activating group) is 1. The quantitative estimate of drug-likeness (QED) is 0.589. The third-order valence-corrected chi connectivity index (χ3v) is 7.65. The molecule has 0 N–H and O–H groups in total. The molecular weight excluding hydrogens is 424 g/mol. The summed E-state index contributed by atoms with van der Waals surface area (Å²) in [5.41, 5.74) is 1.45. The van der Waals surface area contributed by atoms with Crippen LogP contribution in [0, 0.1) is 0 Å². The van der Waals surface area contributed by atoms with Crippen LogP contribution < -0.4 is 14.4 Å². The first-order valence-corrected chi connectivity index (χ1v) is 12.3. The summed E-state index contributed by atoms with van der Waals surface area (Å²) in [5, 5.41) is 1.24. The lowest BCUT2D eigenvalue weighted by molar-refractivity contribution is 0.0331. The normalized spacial score (nSPS) is 20.5. The van der Waals surface area contributed by atoms with Gasteiger partial charge in [-0.2, -0.15) is 0 Å². The second-order valence-electron chi connectivity index (χ2n) is 8.77. The van der Waals surface area contributed by atoms with Crippen molar-refractivity contribution in [2.75, 3.05) is 51.4 Å². The second kappa shape index (κ2) is 8.50. The Morgan fingerprint density at radius 1 is 1.12 bits per heavy atom. The third kappa shape index (κ3) is 3.80. The van der Waals surface area contributed by atoms with Gasteiger partial charge in [0.25, 0.3) is 0 Å². The Morgan fingerprint density at radius 3 is 2.84 bits per heavy atom. The number of para-hydroxylation sites is 2. The van der Waals surface area contributed by atoms with Gasteiger partial charge in [-0.3, -0.25) is 4.90 Å². The van der Waals surface area contributed by atoms with Gasteiger partial charge in [-0.25, -0.2) is 9.97 Å². The molecule has 2 aromatic heterocycles. The molecule has 1 saturated heterocycles. The minimum absolute atomic E-state index is 0.0470. The molecule has 1 aromatic carbocycles. The molecule has 0 bridgehead atoms. The van der Waals surface area contributed by atoms with E-state index in [-0.39, 0.29) is 6.10 Å². The molecular formula is C24H28N4O3S. The molecule has 32 heavy (non-hydrogen) atoms. The molecule has 3 aromatic rings. The number of aryl methyl sites for hydroxylation is 2. The van der Waals surface area contributed by atoms with Gasteiger partial charge in [-0.1, -0.05) is 12.1 Å². The first kappa shape index (κ1) is 20.2. The van der Waals surface area contributed by atoms with E-state index in [1.165, 1.54) is 22.2 Å². The average Bonchev–Trinajstić information content (AvgIpc) is 3.40. The highest BCUT2D eigenvalue weighted by molar-refractivity contribution is 7.19. The smallest absolute Gasteiger partial charge is 0.161 e. The summed E-state index contributed by atoms with van der Waals surface area (Å²) < 4.78 is 17.7. The molecule has 6 rings (SSSR count). The Hall–Kier alpha value is -2.42. The van der Waals surface area contributed by atoms with E-state index >= 15 is 0 Å². The van der Waals surface area contributed by atoms with E-state index in [1.807, 2.05) is 35.6 Å². The maximum Gasteiger partial charge on any atom is 0.161 e. The van der Waals surface area contributed by atoms with Crippen molar-refractivity contribution in [3.63, 3.8) is 0 Å². The highest BCUT2D eigenvalue weighted by Crippen LogP contribution is 2.41. The van der Waals surface area contributed by atoms with Gasteiger partial charge in [0.15, 0.2) is 17.6 Å². The van der Waals surface area contributed by atoms with Crippen LogP contribution in [0.5, 0.6) is 11.5 Å². The largest absolute Gasteiger partial charge is 0.486 e. The van der Waals surface area contributed by atoms with Crippen LogP contribution in [-0.4, -0.2) is 67.5 Å². The maximum absolute atomic E-state index is 6.23. The van der Waals surface area contributed by atoms with E-state index in [0.717, 1.165) is 73.7 Å². The van der Waals surface area contributed by atoms with Crippen molar-refractivity contribution in [2.45, 2.75) is 31.9 Å². The van der Waals surface area contributed by atoms with Gasteiger partial charge in [-0.05, 0) is 37.0 Å². The fourth-order valence-corrected chi connectivity index (χ4v) is 6.15. The van der Waals surface area contributed by atoms with Crippen LogP contribution in [0.4, 0.5) is 5.82 Å². The molecule has 0 saturated carbocycles. The fourth-order valence-electron chi connectivity index (χ4n) is 4.87. The Balaban J connectivity index is 1.30. The second-order valence-corrected chi connectivity index (χ2v) is 9.85. The highest BCUT2D eigenvalue weighted by atomic mass is 32.1. The van der Waals surface area contributed by atoms with E-state index in [4.69, 9.17) is 24.2 Å². The van der Waals surface area contributed by atoms with Crippen molar-refractivity contribution in [2.24, 2.45) is 0 Å². The Morgan fingerprint density at radius 2 is 1.97 bits per heavy atom. The topological polar surface area (TPSA) is 60.0 Å². The standard InChI is InChI=1S/C24H28N4O3S/c1-27(13-16-15-30-18-6-2-3-7-19(18)31-16)23-22-17-5-4-8-20(17)32-24(22)26-21(25-23)14-28-9-11-29-12-10-28/h2-3,6-7,16H,4-5,8-15H2,1H3/t16-/m0/s1.